The third kappa shape index (κ3) is 6.37. The number of carboxylic acid groups (broad SMARTS) is 1. The highest BCUT2D eigenvalue weighted by molar-refractivity contribution is 5.80. The predicted octanol–water partition coefficient (Wildman–Crippen LogP) is 4.70. The Morgan fingerprint density at radius 3 is 2.09 bits per heavy atom. The van der Waals surface area contributed by atoms with Gasteiger partial charge in [-0.25, -0.2) is 4.79 Å². The summed E-state index contributed by atoms with van der Waals surface area (Å²) in [5.41, 5.74) is 4.61. The lowest BCUT2D eigenvalue weighted by atomic mass is 9.98. The normalized spacial score (nSPS) is 14.1. The fourth-order valence-corrected chi connectivity index (χ4v) is 4.41. The largest absolute Gasteiger partial charge is 0.481 e. The minimum absolute atomic E-state index is 0.00436. The summed E-state index contributed by atoms with van der Waals surface area (Å²) in [5, 5.41) is 14.6. The Hall–Kier alpha value is -3.35. The van der Waals surface area contributed by atoms with Crippen LogP contribution in [0.4, 0.5) is 4.79 Å². The number of carboxylic acids is 1. The molecule has 0 radical (unpaired) electrons. The van der Waals surface area contributed by atoms with E-state index in [2.05, 4.69) is 34.9 Å². The quantitative estimate of drug-likeness (QED) is 0.445. The van der Waals surface area contributed by atoms with E-state index in [1.807, 2.05) is 45.0 Å². The van der Waals surface area contributed by atoms with E-state index in [4.69, 9.17) is 9.84 Å². The predicted molar refractivity (Wildman–Crippen MR) is 131 cm³/mol. The van der Waals surface area contributed by atoms with E-state index in [1.54, 1.807) is 0 Å². The van der Waals surface area contributed by atoms with Crippen LogP contribution in [-0.4, -0.2) is 41.8 Å². The van der Waals surface area contributed by atoms with Crippen LogP contribution in [0.1, 0.15) is 63.5 Å². The maximum absolute atomic E-state index is 12.6. The van der Waals surface area contributed by atoms with Gasteiger partial charge in [-0.1, -0.05) is 69.3 Å². The first-order chi connectivity index (χ1) is 16.3. The zero-order valence-electron chi connectivity index (χ0n) is 20.0. The molecule has 0 saturated heterocycles. The first-order valence-corrected chi connectivity index (χ1v) is 11.9. The Bertz CT molecular complexity index is 974. The molecule has 0 aromatic heterocycles. The van der Waals surface area contributed by atoms with E-state index in [9.17, 15) is 14.4 Å². The minimum atomic E-state index is -0.885. The van der Waals surface area contributed by atoms with Crippen molar-refractivity contribution >= 4 is 18.0 Å². The molecule has 3 rings (SSSR count). The number of carbonyl (C=O) groups is 3. The highest BCUT2D eigenvalue weighted by Crippen LogP contribution is 2.44. The summed E-state index contributed by atoms with van der Waals surface area (Å²) in [6.45, 7) is 5.98. The first-order valence-electron chi connectivity index (χ1n) is 11.9. The molecule has 2 unspecified atom stereocenters. The van der Waals surface area contributed by atoms with Crippen molar-refractivity contribution in [1.82, 2.24) is 10.6 Å². The second-order valence-electron chi connectivity index (χ2n) is 9.13. The summed E-state index contributed by atoms with van der Waals surface area (Å²) >= 11 is 0. The van der Waals surface area contributed by atoms with Crippen molar-refractivity contribution in [3.05, 3.63) is 59.7 Å². The van der Waals surface area contributed by atoms with Crippen molar-refractivity contribution in [3.63, 3.8) is 0 Å². The average molecular weight is 467 g/mol. The molecule has 34 heavy (non-hydrogen) atoms. The molecule has 2 atom stereocenters. The Morgan fingerprint density at radius 2 is 1.56 bits per heavy atom. The highest BCUT2D eigenvalue weighted by atomic mass is 16.5. The number of nitrogens with one attached hydrogen (secondary N) is 2. The zero-order chi connectivity index (χ0) is 24.7. The number of benzene rings is 2. The van der Waals surface area contributed by atoms with E-state index in [1.165, 1.54) is 0 Å². The monoisotopic (exact) mass is 466 g/mol. The molecule has 2 aromatic carbocycles. The molecule has 0 spiro atoms. The number of carbonyl (C=O) groups excluding carboxylic acids is 2. The molecule has 1 aliphatic carbocycles. The molecule has 7 heteroatoms. The SMILES string of the molecule is CCC(CCC(=O)O)NC(=O)CC(NC(=O)OCC1c2ccccc2-c2ccccc21)C(C)C. The van der Waals surface area contributed by atoms with Crippen molar-refractivity contribution in [2.75, 3.05) is 6.61 Å². The van der Waals surface area contributed by atoms with E-state index in [0.717, 1.165) is 22.3 Å². The van der Waals surface area contributed by atoms with Gasteiger partial charge in [-0.3, -0.25) is 9.59 Å². The number of rotatable bonds is 11. The molecule has 0 saturated carbocycles. The smallest absolute Gasteiger partial charge is 0.407 e. The number of amides is 2. The number of hydrogen-bond acceptors (Lipinski definition) is 4. The van der Waals surface area contributed by atoms with Crippen molar-refractivity contribution in [2.45, 2.75) is 64.5 Å². The van der Waals surface area contributed by atoms with Gasteiger partial charge in [0, 0.05) is 30.8 Å². The van der Waals surface area contributed by atoms with E-state index in [0.29, 0.717) is 12.8 Å². The Labute approximate surface area is 200 Å². The third-order valence-electron chi connectivity index (χ3n) is 6.42. The maximum atomic E-state index is 12.6. The molecule has 0 bridgehead atoms. The lowest BCUT2D eigenvalue weighted by molar-refractivity contribution is -0.137. The fourth-order valence-electron chi connectivity index (χ4n) is 4.41. The van der Waals surface area contributed by atoms with Crippen molar-refractivity contribution in [2.24, 2.45) is 5.92 Å². The first kappa shape index (κ1) is 25.3. The van der Waals surface area contributed by atoms with Gasteiger partial charge in [0.2, 0.25) is 5.91 Å². The summed E-state index contributed by atoms with van der Waals surface area (Å²) in [6, 6.07) is 15.7. The standard InChI is InChI=1S/C27H34N2O5/c1-4-18(13-14-26(31)32)28-25(30)15-24(17(2)3)29-27(33)34-16-23-21-11-7-5-9-19(21)20-10-6-8-12-22(20)23/h5-12,17-18,23-24H,4,13-16H2,1-3H3,(H,28,30)(H,29,33)(H,31,32). The number of hydrogen-bond donors (Lipinski definition) is 3. The molecule has 0 heterocycles. The van der Waals surface area contributed by atoms with Crippen LogP contribution in [-0.2, 0) is 14.3 Å². The van der Waals surface area contributed by atoms with Crippen molar-refractivity contribution < 1.29 is 24.2 Å². The number of aliphatic carboxylic acids is 1. The van der Waals surface area contributed by atoms with E-state index >= 15 is 0 Å². The molecular weight excluding hydrogens is 432 g/mol. The summed E-state index contributed by atoms with van der Waals surface area (Å²) in [6.07, 6.45) is 0.580. The number of alkyl carbamates (subject to hydrolysis) is 1. The van der Waals surface area contributed by atoms with Gasteiger partial charge in [-0.2, -0.15) is 0 Å². The summed E-state index contributed by atoms with van der Waals surface area (Å²) < 4.78 is 5.62. The van der Waals surface area contributed by atoms with Crippen LogP contribution in [0.2, 0.25) is 0 Å². The van der Waals surface area contributed by atoms with Gasteiger partial charge < -0.3 is 20.5 Å². The van der Waals surface area contributed by atoms with E-state index in [-0.39, 0.29) is 43.2 Å². The fraction of sp³-hybridized carbons (Fsp3) is 0.444. The molecule has 7 nitrogen and oxygen atoms in total. The van der Waals surface area contributed by atoms with Crippen LogP contribution in [0.25, 0.3) is 11.1 Å². The average Bonchev–Trinajstić information content (AvgIpc) is 3.13. The number of ether oxygens (including phenoxy) is 1. The minimum Gasteiger partial charge on any atom is -0.481 e. The van der Waals surface area contributed by atoms with Crippen LogP contribution in [0, 0.1) is 5.92 Å². The second-order valence-corrected chi connectivity index (χ2v) is 9.13. The van der Waals surface area contributed by atoms with Crippen LogP contribution in [0.5, 0.6) is 0 Å². The summed E-state index contributed by atoms with van der Waals surface area (Å²) in [4.78, 5) is 36.0. The van der Waals surface area contributed by atoms with Crippen LogP contribution in [0.15, 0.2) is 48.5 Å². The van der Waals surface area contributed by atoms with Gasteiger partial charge in [0.15, 0.2) is 0 Å². The van der Waals surface area contributed by atoms with Crippen LogP contribution < -0.4 is 10.6 Å². The van der Waals surface area contributed by atoms with Gasteiger partial charge in [0.1, 0.15) is 6.61 Å². The van der Waals surface area contributed by atoms with Gasteiger partial charge in [0.25, 0.3) is 0 Å². The molecule has 182 valence electrons. The van der Waals surface area contributed by atoms with Crippen molar-refractivity contribution in [3.8, 4) is 11.1 Å². The third-order valence-corrected chi connectivity index (χ3v) is 6.42. The van der Waals surface area contributed by atoms with Gasteiger partial charge in [0.05, 0.1) is 0 Å². The maximum Gasteiger partial charge on any atom is 0.407 e. The van der Waals surface area contributed by atoms with Crippen molar-refractivity contribution in [1.29, 1.82) is 0 Å². The van der Waals surface area contributed by atoms with Gasteiger partial charge in [-0.15, -0.1) is 0 Å². The van der Waals surface area contributed by atoms with Gasteiger partial charge >= 0.3 is 12.1 Å². The summed E-state index contributed by atoms with van der Waals surface area (Å²) in [7, 11) is 0. The lowest BCUT2D eigenvalue weighted by Gasteiger charge is -2.24. The van der Waals surface area contributed by atoms with Crippen LogP contribution in [0.3, 0.4) is 0 Å². The topological polar surface area (TPSA) is 105 Å². The summed E-state index contributed by atoms with van der Waals surface area (Å²) in [5.74, 6) is -1.11. The molecule has 3 N–H and O–H groups in total. The zero-order valence-corrected chi connectivity index (χ0v) is 20.0. The molecule has 2 aromatic rings. The Balaban J connectivity index is 1.56. The van der Waals surface area contributed by atoms with Gasteiger partial charge in [-0.05, 0) is 41.0 Å². The Morgan fingerprint density at radius 1 is 0.971 bits per heavy atom. The second kappa shape index (κ2) is 11.7. The molecular formula is C27H34N2O5. The molecule has 1 aliphatic rings. The molecule has 0 aliphatic heterocycles. The highest BCUT2D eigenvalue weighted by Gasteiger charge is 2.29. The molecule has 2 amide bonds. The molecule has 0 fully saturated rings. The lowest BCUT2D eigenvalue weighted by Crippen LogP contribution is -2.44. The van der Waals surface area contributed by atoms with E-state index < -0.39 is 18.1 Å². The Kier molecular flexibility index (Phi) is 8.68. The van der Waals surface area contributed by atoms with Crippen LogP contribution >= 0.6 is 0 Å². The number of fused-ring (bicyclic) bond motifs is 3.